The van der Waals surface area contributed by atoms with Gasteiger partial charge in [0.2, 0.25) is 0 Å². The Morgan fingerprint density at radius 1 is 1.38 bits per heavy atom. The SMILES string of the molecule is NC(=O)COc1ccc(N=O)cc1. The molecule has 0 unspecified atom stereocenters. The zero-order chi connectivity index (χ0) is 9.68. The van der Waals surface area contributed by atoms with Crippen LogP contribution in [-0.4, -0.2) is 12.5 Å². The Balaban J connectivity index is 2.59. The maximum absolute atomic E-state index is 10.3. The summed E-state index contributed by atoms with van der Waals surface area (Å²) in [6.45, 7) is -0.173. The van der Waals surface area contributed by atoms with E-state index in [9.17, 15) is 9.70 Å². The molecule has 68 valence electrons. The first-order valence-corrected chi connectivity index (χ1v) is 3.57. The molecule has 0 fully saturated rings. The molecule has 0 aliphatic rings. The summed E-state index contributed by atoms with van der Waals surface area (Å²) in [4.78, 5) is 20.3. The number of amides is 1. The van der Waals surface area contributed by atoms with Gasteiger partial charge in [-0.15, -0.1) is 4.91 Å². The maximum Gasteiger partial charge on any atom is 0.255 e. The van der Waals surface area contributed by atoms with Gasteiger partial charge in [-0.05, 0) is 29.4 Å². The summed E-state index contributed by atoms with van der Waals surface area (Å²) in [5.74, 6) is -0.0659. The molecule has 2 N–H and O–H groups in total. The summed E-state index contributed by atoms with van der Waals surface area (Å²) >= 11 is 0. The van der Waals surface area contributed by atoms with E-state index in [1.165, 1.54) is 12.1 Å². The molecule has 1 aromatic carbocycles. The van der Waals surface area contributed by atoms with Crippen molar-refractivity contribution in [2.24, 2.45) is 10.9 Å². The molecule has 0 bridgehead atoms. The van der Waals surface area contributed by atoms with Crippen LogP contribution in [0.2, 0.25) is 0 Å². The number of benzene rings is 1. The number of ether oxygens (including phenoxy) is 1. The average molecular weight is 180 g/mol. The van der Waals surface area contributed by atoms with Crippen LogP contribution in [0, 0.1) is 4.91 Å². The number of rotatable bonds is 4. The zero-order valence-corrected chi connectivity index (χ0v) is 6.77. The third-order valence-electron chi connectivity index (χ3n) is 1.32. The molecular formula is C8H8N2O3. The molecule has 0 aliphatic carbocycles. The van der Waals surface area contributed by atoms with E-state index in [0.717, 1.165) is 0 Å². The van der Waals surface area contributed by atoms with Crippen molar-refractivity contribution in [2.45, 2.75) is 0 Å². The molecule has 0 aromatic heterocycles. The van der Waals surface area contributed by atoms with E-state index in [1.807, 2.05) is 0 Å². The third kappa shape index (κ3) is 2.90. The van der Waals surface area contributed by atoms with Crippen molar-refractivity contribution in [3.8, 4) is 5.75 Å². The number of carbonyl (C=O) groups excluding carboxylic acids is 1. The van der Waals surface area contributed by atoms with Crippen LogP contribution in [-0.2, 0) is 4.79 Å². The molecule has 1 rings (SSSR count). The van der Waals surface area contributed by atoms with Gasteiger partial charge in [-0.2, -0.15) is 0 Å². The average Bonchev–Trinajstić information content (AvgIpc) is 2.15. The Morgan fingerprint density at radius 3 is 2.46 bits per heavy atom. The van der Waals surface area contributed by atoms with Crippen LogP contribution in [0.25, 0.3) is 0 Å². The molecule has 13 heavy (non-hydrogen) atoms. The lowest BCUT2D eigenvalue weighted by atomic mass is 10.3. The molecule has 0 saturated heterocycles. The highest BCUT2D eigenvalue weighted by Crippen LogP contribution is 2.17. The number of hydrogen-bond donors (Lipinski definition) is 1. The highest BCUT2D eigenvalue weighted by molar-refractivity contribution is 5.75. The van der Waals surface area contributed by atoms with E-state index < -0.39 is 5.91 Å². The molecule has 0 heterocycles. The molecule has 0 atom stereocenters. The minimum atomic E-state index is -0.544. The first kappa shape index (κ1) is 9.18. The van der Waals surface area contributed by atoms with E-state index in [4.69, 9.17) is 10.5 Å². The first-order chi connectivity index (χ1) is 6.22. The van der Waals surface area contributed by atoms with Crippen LogP contribution < -0.4 is 10.5 Å². The van der Waals surface area contributed by atoms with E-state index in [0.29, 0.717) is 11.4 Å². The molecule has 1 amide bonds. The molecule has 0 spiro atoms. The van der Waals surface area contributed by atoms with Crippen molar-refractivity contribution >= 4 is 11.6 Å². The highest BCUT2D eigenvalue weighted by atomic mass is 16.5. The summed E-state index contributed by atoms with van der Waals surface area (Å²) < 4.78 is 4.95. The lowest BCUT2D eigenvalue weighted by molar-refractivity contribution is -0.119. The third-order valence-corrected chi connectivity index (χ3v) is 1.32. The fourth-order valence-corrected chi connectivity index (χ4v) is 0.758. The first-order valence-electron chi connectivity index (χ1n) is 3.57. The lowest BCUT2D eigenvalue weighted by Gasteiger charge is -2.01. The van der Waals surface area contributed by atoms with Gasteiger partial charge in [0.25, 0.3) is 5.91 Å². The van der Waals surface area contributed by atoms with Gasteiger partial charge in [0.05, 0.1) is 0 Å². The molecule has 5 nitrogen and oxygen atoms in total. The predicted octanol–water partition coefficient (Wildman–Crippen LogP) is 0.949. The fourth-order valence-electron chi connectivity index (χ4n) is 0.758. The van der Waals surface area contributed by atoms with Gasteiger partial charge >= 0.3 is 0 Å². The smallest absolute Gasteiger partial charge is 0.255 e. The van der Waals surface area contributed by atoms with E-state index in [1.54, 1.807) is 12.1 Å². The van der Waals surface area contributed by atoms with Crippen LogP contribution in [0.5, 0.6) is 5.75 Å². The number of hydrogen-bond acceptors (Lipinski definition) is 4. The minimum Gasteiger partial charge on any atom is -0.484 e. The molecule has 0 aliphatic heterocycles. The quantitative estimate of drug-likeness (QED) is 0.700. The number of primary amides is 1. The molecule has 5 heteroatoms. The summed E-state index contributed by atoms with van der Waals surface area (Å²) in [5, 5.41) is 2.71. The molecular weight excluding hydrogens is 172 g/mol. The normalized spacial score (nSPS) is 9.23. The van der Waals surface area contributed by atoms with Crippen LogP contribution in [0.4, 0.5) is 5.69 Å². The van der Waals surface area contributed by atoms with E-state index >= 15 is 0 Å². The van der Waals surface area contributed by atoms with E-state index in [-0.39, 0.29) is 6.61 Å². The highest BCUT2D eigenvalue weighted by Gasteiger charge is 1.97. The number of nitrogens with zero attached hydrogens (tertiary/aromatic N) is 1. The van der Waals surface area contributed by atoms with Crippen LogP contribution in [0.15, 0.2) is 29.4 Å². The monoisotopic (exact) mass is 180 g/mol. The Kier molecular flexibility index (Phi) is 2.97. The standard InChI is InChI=1S/C8H8N2O3/c9-8(11)5-13-7-3-1-6(10-12)2-4-7/h1-4H,5H2,(H2,9,11). The van der Waals surface area contributed by atoms with Gasteiger partial charge in [-0.1, -0.05) is 0 Å². The number of nitroso groups, excluding NO2 is 1. The second-order valence-electron chi connectivity index (χ2n) is 2.34. The Bertz CT molecular complexity index is 308. The second kappa shape index (κ2) is 4.20. The topological polar surface area (TPSA) is 81.8 Å². The van der Waals surface area contributed by atoms with Gasteiger partial charge in [0.15, 0.2) is 6.61 Å². The van der Waals surface area contributed by atoms with Crippen LogP contribution in [0.1, 0.15) is 0 Å². The summed E-state index contributed by atoms with van der Waals surface area (Å²) in [5.41, 5.74) is 5.18. The fraction of sp³-hybridized carbons (Fsp3) is 0.125. The summed E-state index contributed by atoms with van der Waals surface area (Å²) in [7, 11) is 0. The number of nitrogens with two attached hydrogens (primary N) is 1. The predicted molar refractivity (Wildman–Crippen MR) is 46.6 cm³/mol. The maximum atomic E-state index is 10.3. The Hall–Kier alpha value is -1.91. The molecule has 1 aromatic rings. The van der Waals surface area contributed by atoms with Crippen LogP contribution >= 0.6 is 0 Å². The van der Waals surface area contributed by atoms with Crippen molar-refractivity contribution in [3.63, 3.8) is 0 Å². The van der Waals surface area contributed by atoms with Gasteiger partial charge in [-0.3, -0.25) is 4.79 Å². The molecule has 0 saturated carbocycles. The van der Waals surface area contributed by atoms with Gasteiger partial charge in [0.1, 0.15) is 11.4 Å². The van der Waals surface area contributed by atoms with E-state index in [2.05, 4.69) is 5.18 Å². The largest absolute Gasteiger partial charge is 0.484 e. The van der Waals surface area contributed by atoms with Crippen molar-refractivity contribution in [1.29, 1.82) is 0 Å². The van der Waals surface area contributed by atoms with Crippen molar-refractivity contribution < 1.29 is 9.53 Å². The van der Waals surface area contributed by atoms with Crippen LogP contribution in [0.3, 0.4) is 0 Å². The van der Waals surface area contributed by atoms with Crippen molar-refractivity contribution in [1.82, 2.24) is 0 Å². The summed E-state index contributed by atoms with van der Waals surface area (Å²) in [6, 6.07) is 6.06. The zero-order valence-electron chi connectivity index (χ0n) is 6.77. The van der Waals surface area contributed by atoms with Gasteiger partial charge < -0.3 is 10.5 Å². The van der Waals surface area contributed by atoms with Crippen molar-refractivity contribution in [2.75, 3.05) is 6.61 Å². The number of carbonyl (C=O) groups is 1. The molecule has 0 radical (unpaired) electrons. The Labute approximate surface area is 74.5 Å². The van der Waals surface area contributed by atoms with Gasteiger partial charge in [-0.25, -0.2) is 0 Å². The van der Waals surface area contributed by atoms with Gasteiger partial charge in [0, 0.05) is 0 Å². The Morgan fingerprint density at radius 2 is 2.00 bits per heavy atom. The second-order valence-corrected chi connectivity index (χ2v) is 2.34. The van der Waals surface area contributed by atoms with Crippen molar-refractivity contribution in [3.05, 3.63) is 29.2 Å². The minimum absolute atomic E-state index is 0.173. The lowest BCUT2D eigenvalue weighted by Crippen LogP contribution is -2.19. The summed E-state index contributed by atoms with van der Waals surface area (Å²) in [6.07, 6.45) is 0.